The minimum atomic E-state index is -0.647. The molecule has 27 heavy (non-hydrogen) atoms. The van der Waals surface area contributed by atoms with E-state index in [1.165, 1.54) is 4.88 Å². The van der Waals surface area contributed by atoms with Gasteiger partial charge in [0.25, 0.3) is 0 Å². The first-order chi connectivity index (χ1) is 13.1. The maximum absolute atomic E-state index is 13.1. The van der Waals surface area contributed by atoms with Gasteiger partial charge in [-0.15, -0.1) is 11.3 Å². The molecule has 1 aromatic heterocycles. The van der Waals surface area contributed by atoms with Gasteiger partial charge in [0.15, 0.2) is 0 Å². The highest BCUT2D eigenvalue weighted by Crippen LogP contribution is 2.28. The molecule has 7 heteroatoms. The third kappa shape index (κ3) is 5.06. The Morgan fingerprint density at radius 2 is 2.19 bits per heavy atom. The monoisotopic (exact) mass is 388 g/mol. The van der Waals surface area contributed by atoms with Crippen LogP contribution in [0, 0.1) is 6.92 Å². The fourth-order valence-corrected chi connectivity index (χ4v) is 4.36. The number of ether oxygens (including phenoxy) is 1. The van der Waals surface area contributed by atoms with Gasteiger partial charge in [-0.25, -0.2) is 4.98 Å². The highest BCUT2D eigenvalue weighted by atomic mass is 32.1. The highest BCUT2D eigenvalue weighted by Gasteiger charge is 2.42. The molecule has 0 bridgehead atoms. The van der Waals surface area contributed by atoms with E-state index in [-0.39, 0.29) is 5.91 Å². The van der Waals surface area contributed by atoms with Gasteiger partial charge in [-0.05, 0) is 38.4 Å². The minimum Gasteiger partial charge on any atom is -0.383 e. The molecule has 1 unspecified atom stereocenters. The molecular formula is C20H28N4O2S. The van der Waals surface area contributed by atoms with Crippen LogP contribution in [0.2, 0.25) is 0 Å². The zero-order valence-corrected chi connectivity index (χ0v) is 16.8. The summed E-state index contributed by atoms with van der Waals surface area (Å²) in [5, 5.41) is 6.58. The van der Waals surface area contributed by atoms with Crippen LogP contribution in [0.25, 0.3) is 0 Å². The van der Waals surface area contributed by atoms with Crippen LogP contribution < -0.4 is 10.6 Å². The Morgan fingerprint density at radius 3 is 2.89 bits per heavy atom. The van der Waals surface area contributed by atoms with Gasteiger partial charge in [0.05, 0.1) is 17.8 Å². The minimum absolute atomic E-state index is 0.0362. The summed E-state index contributed by atoms with van der Waals surface area (Å²) in [5.74, 6) is 0.0362. The van der Waals surface area contributed by atoms with Crippen LogP contribution >= 0.6 is 11.3 Å². The predicted molar refractivity (Wildman–Crippen MR) is 109 cm³/mol. The highest BCUT2D eigenvalue weighted by molar-refractivity contribution is 7.09. The standard InChI is InChI=1S/C20H28N4O2S/c1-16-18(27-15-22-16)13-24-11-6-9-20(14-24,19(25)21-10-12-26-2)23-17-7-4-3-5-8-17/h3-5,7-8,15,23H,6,9-14H2,1-2H3,(H,21,25). The number of benzene rings is 1. The molecule has 0 radical (unpaired) electrons. The molecule has 146 valence electrons. The summed E-state index contributed by atoms with van der Waals surface area (Å²) in [6.45, 7) is 5.56. The van der Waals surface area contributed by atoms with Crippen LogP contribution in [0.3, 0.4) is 0 Å². The normalized spacial score (nSPS) is 20.4. The molecule has 0 aliphatic carbocycles. The second kappa shape index (κ2) is 9.30. The van der Waals surface area contributed by atoms with E-state index in [2.05, 4.69) is 20.5 Å². The summed E-state index contributed by atoms with van der Waals surface area (Å²) in [4.78, 5) is 21.1. The molecule has 1 aliphatic heterocycles. The fourth-order valence-electron chi connectivity index (χ4n) is 3.54. The van der Waals surface area contributed by atoms with Crippen molar-refractivity contribution in [3.63, 3.8) is 0 Å². The molecule has 2 heterocycles. The first-order valence-electron chi connectivity index (χ1n) is 9.35. The predicted octanol–water partition coefficient (Wildman–Crippen LogP) is 2.66. The number of methoxy groups -OCH3 is 1. The molecule has 1 atom stereocenters. The lowest BCUT2D eigenvalue weighted by Gasteiger charge is -2.42. The molecule has 1 aliphatic rings. The molecule has 2 N–H and O–H groups in total. The number of hydrogen-bond donors (Lipinski definition) is 2. The first-order valence-corrected chi connectivity index (χ1v) is 10.2. The van der Waals surface area contributed by atoms with E-state index in [1.54, 1.807) is 18.4 Å². The second-order valence-corrected chi connectivity index (χ2v) is 7.94. The van der Waals surface area contributed by atoms with Gasteiger partial charge >= 0.3 is 0 Å². The second-order valence-electron chi connectivity index (χ2n) is 7.00. The van der Waals surface area contributed by atoms with Gasteiger partial charge < -0.3 is 15.4 Å². The quantitative estimate of drug-likeness (QED) is 0.681. The number of nitrogens with one attached hydrogen (secondary N) is 2. The number of nitrogens with zero attached hydrogens (tertiary/aromatic N) is 2. The van der Waals surface area contributed by atoms with Crippen LogP contribution in [-0.4, -0.2) is 54.7 Å². The molecule has 2 aromatic rings. The summed E-state index contributed by atoms with van der Waals surface area (Å²) in [6.07, 6.45) is 1.77. The summed E-state index contributed by atoms with van der Waals surface area (Å²) in [7, 11) is 1.64. The van der Waals surface area contributed by atoms with E-state index >= 15 is 0 Å². The van der Waals surface area contributed by atoms with Crippen molar-refractivity contribution < 1.29 is 9.53 Å². The molecule has 1 fully saturated rings. The number of para-hydroxylation sites is 1. The number of carbonyl (C=O) groups is 1. The number of carbonyl (C=O) groups excluding carboxylic acids is 1. The number of amides is 1. The van der Waals surface area contributed by atoms with Crippen LogP contribution in [0.5, 0.6) is 0 Å². The Kier molecular flexibility index (Phi) is 6.82. The maximum Gasteiger partial charge on any atom is 0.247 e. The Bertz CT molecular complexity index is 737. The SMILES string of the molecule is COCCNC(=O)C1(Nc2ccccc2)CCCN(Cc2scnc2C)C1. The molecular weight excluding hydrogens is 360 g/mol. The van der Waals surface area contributed by atoms with Crippen molar-refractivity contribution in [1.82, 2.24) is 15.2 Å². The van der Waals surface area contributed by atoms with Crippen LogP contribution in [-0.2, 0) is 16.1 Å². The first kappa shape index (κ1) is 19.8. The number of aromatic nitrogens is 1. The summed E-state index contributed by atoms with van der Waals surface area (Å²) < 4.78 is 5.08. The number of rotatable bonds is 8. The van der Waals surface area contributed by atoms with E-state index in [1.807, 2.05) is 42.8 Å². The number of likely N-dealkylation sites (tertiary alicyclic amines) is 1. The van der Waals surface area contributed by atoms with Crippen LogP contribution in [0.1, 0.15) is 23.4 Å². The number of anilines is 1. The fraction of sp³-hybridized carbons (Fsp3) is 0.500. The van der Waals surface area contributed by atoms with Gasteiger partial charge in [0.2, 0.25) is 5.91 Å². The number of hydrogen-bond acceptors (Lipinski definition) is 6. The Hall–Kier alpha value is -1.96. The van der Waals surface area contributed by atoms with Crippen molar-refractivity contribution in [3.8, 4) is 0 Å². The van der Waals surface area contributed by atoms with Gasteiger partial charge in [0, 0.05) is 37.3 Å². The lowest BCUT2D eigenvalue weighted by Crippen LogP contribution is -2.61. The number of thiazole rings is 1. The zero-order chi connectivity index (χ0) is 19.1. The Morgan fingerprint density at radius 1 is 1.37 bits per heavy atom. The molecule has 6 nitrogen and oxygen atoms in total. The van der Waals surface area contributed by atoms with Crippen molar-refractivity contribution in [3.05, 3.63) is 46.4 Å². The van der Waals surface area contributed by atoms with Crippen LogP contribution in [0.15, 0.2) is 35.8 Å². The molecule has 0 spiro atoms. The largest absolute Gasteiger partial charge is 0.383 e. The lowest BCUT2D eigenvalue weighted by molar-refractivity contribution is -0.127. The van der Waals surface area contributed by atoms with Gasteiger partial charge in [-0.1, -0.05) is 18.2 Å². The van der Waals surface area contributed by atoms with E-state index in [0.717, 1.165) is 37.3 Å². The summed E-state index contributed by atoms with van der Waals surface area (Å²) in [5.41, 5.74) is 3.29. The summed E-state index contributed by atoms with van der Waals surface area (Å²) >= 11 is 1.68. The van der Waals surface area contributed by atoms with Crippen molar-refractivity contribution in [2.24, 2.45) is 0 Å². The molecule has 1 aromatic carbocycles. The van der Waals surface area contributed by atoms with Crippen molar-refractivity contribution in [1.29, 1.82) is 0 Å². The number of piperidine rings is 1. The number of aryl methyl sites for hydroxylation is 1. The smallest absolute Gasteiger partial charge is 0.247 e. The van der Waals surface area contributed by atoms with E-state index in [0.29, 0.717) is 19.7 Å². The topological polar surface area (TPSA) is 66.5 Å². The maximum atomic E-state index is 13.1. The van der Waals surface area contributed by atoms with Gasteiger partial charge in [-0.3, -0.25) is 9.69 Å². The van der Waals surface area contributed by atoms with Crippen LogP contribution in [0.4, 0.5) is 5.69 Å². The molecule has 0 saturated carbocycles. The van der Waals surface area contributed by atoms with E-state index in [4.69, 9.17) is 4.74 Å². The van der Waals surface area contributed by atoms with Crippen molar-refractivity contribution in [2.75, 3.05) is 38.7 Å². The van der Waals surface area contributed by atoms with Gasteiger partial charge in [-0.2, -0.15) is 0 Å². The lowest BCUT2D eigenvalue weighted by atomic mass is 9.87. The van der Waals surface area contributed by atoms with Gasteiger partial charge in [0.1, 0.15) is 5.54 Å². The molecule has 1 saturated heterocycles. The van der Waals surface area contributed by atoms with Crippen molar-refractivity contribution in [2.45, 2.75) is 31.8 Å². The average molecular weight is 389 g/mol. The third-order valence-electron chi connectivity index (χ3n) is 4.97. The Balaban J connectivity index is 1.77. The third-order valence-corrected chi connectivity index (χ3v) is 5.89. The van der Waals surface area contributed by atoms with E-state index in [9.17, 15) is 4.79 Å². The average Bonchev–Trinajstić information content (AvgIpc) is 3.07. The van der Waals surface area contributed by atoms with Crippen molar-refractivity contribution >= 4 is 22.9 Å². The van der Waals surface area contributed by atoms with E-state index < -0.39 is 5.54 Å². The Labute approximate surface area is 164 Å². The molecule has 1 amide bonds. The summed E-state index contributed by atoms with van der Waals surface area (Å²) in [6, 6.07) is 9.98. The zero-order valence-electron chi connectivity index (χ0n) is 16.0. The molecule has 3 rings (SSSR count).